The molecule has 0 atom stereocenters. The van der Waals surface area contributed by atoms with E-state index < -0.39 is 0 Å². The van der Waals surface area contributed by atoms with Gasteiger partial charge in [0, 0.05) is 30.2 Å². The minimum absolute atomic E-state index is 0.231. The topological polar surface area (TPSA) is 29.9 Å². The van der Waals surface area contributed by atoms with E-state index in [2.05, 4.69) is 11.6 Å². The number of methoxy groups -OCH3 is 1. The number of rotatable bonds is 6. The summed E-state index contributed by atoms with van der Waals surface area (Å²) in [5.41, 5.74) is 1.56. The van der Waals surface area contributed by atoms with E-state index in [1.165, 1.54) is 13.2 Å². The standard InChI is InChI=1S/C13H15FN2OS2/c1-3-5-19-6-4-16-11-8-12(17-2)9(14)7-10(11)15-13(16)18/h3,7-8H,1,4-6H2,2H3,(H,15,18). The first-order valence-electron chi connectivity index (χ1n) is 5.82. The number of H-pyrrole nitrogens is 1. The number of fused-ring (bicyclic) bond motifs is 1. The highest BCUT2D eigenvalue weighted by molar-refractivity contribution is 7.99. The quantitative estimate of drug-likeness (QED) is 0.500. The van der Waals surface area contributed by atoms with Crippen LogP contribution in [0.1, 0.15) is 0 Å². The number of nitrogens with zero attached hydrogens (tertiary/aromatic N) is 1. The van der Waals surface area contributed by atoms with Crippen LogP contribution in [0, 0.1) is 10.6 Å². The summed E-state index contributed by atoms with van der Waals surface area (Å²) in [6.07, 6.45) is 1.87. The van der Waals surface area contributed by atoms with Gasteiger partial charge in [-0.25, -0.2) is 4.39 Å². The molecule has 0 radical (unpaired) electrons. The zero-order valence-electron chi connectivity index (χ0n) is 10.6. The van der Waals surface area contributed by atoms with Crippen molar-refractivity contribution >= 4 is 35.0 Å². The minimum Gasteiger partial charge on any atom is -0.494 e. The average molecular weight is 298 g/mol. The van der Waals surface area contributed by atoms with Gasteiger partial charge in [-0.05, 0) is 12.2 Å². The molecule has 6 heteroatoms. The smallest absolute Gasteiger partial charge is 0.178 e. The zero-order valence-corrected chi connectivity index (χ0v) is 12.2. The van der Waals surface area contributed by atoms with Crippen LogP contribution in [0.25, 0.3) is 11.0 Å². The average Bonchev–Trinajstić information content (AvgIpc) is 2.69. The fourth-order valence-electron chi connectivity index (χ4n) is 1.86. The van der Waals surface area contributed by atoms with E-state index in [1.807, 2.05) is 10.6 Å². The third kappa shape index (κ3) is 3.01. The molecule has 2 aromatic rings. The van der Waals surface area contributed by atoms with Gasteiger partial charge in [0.25, 0.3) is 0 Å². The molecule has 0 aliphatic heterocycles. The van der Waals surface area contributed by atoms with E-state index in [4.69, 9.17) is 17.0 Å². The van der Waals surface area contributed by atoms with Crippen LogP contribution < -0.4 is 4.74 Å². The van der Waals surface area contributed by atoms with Gasteiger partial charge in [-0.3, -0.25) is 0 Å². The molecule has 0 aliphatic rings. The Balaban J connectivity index is 2.34. The normalized spacial score (nSPS) is 10.8. The lowest BCUT2D eigenvalue weighted by molar-refractivity contribution is 0.387. The number of aromatic nitrogens is 2. The minimum atomic E-state index is -0.389. The molecule has 2 rings (SSSR count). The van der Waals surface area contributed by atoms with E-state index >= 15 is 0 Å². The first kappa shape index (κ1) is 14.1. The number of aryl methyl sites for hydroxylation is 1. The lowest BCUT2D eigenvalue weighted by Gasteiger charge is -2.06. The van der Waals surface area contributed by atoms with E-state index in [1.54, 1.807) is 17.8 Å². The maximum absolute atomic E-state index is 13.6. The van der Waals surface area contributed by atoms with E-state index in [0.717, 1.165) is 23.6 Å². The number of imidazole rings is 1. The van der Waals surface area contributed by atoms with Crippen LogP contribution in [0.4, 0.5) is 4.39 Å². The number of hydrogen-bond acceptors (Lipinski definition) is 3. The van der Waals surface area contributed by atoms with Crippen LogP contribution in [0.2, 0.25) is 0 Å². The molecule has 0 spiro atoms. The Hall–Kier alpha value is -1.27. The number of benzene rings is 1. The molecule has 1 aromatic heterocycles. The molecule has 0 amide bonds. The summed E-state index contributed by atoms with van der Waals surface area (Å²) in [6, 6.07) is 3.09. The Morgan fingerprint density at radius 1 is 1.58 bits per heavy atom. The number of ether oxygens (including phenoxy) is 1. The summed E-state index contributed by atoms with van der Waals surface area (Å²) < 4.78 is 21.2. The highest BCUT2D eigenvalue weighted by Crippen LogP contribution is 2.24. The van der Waals surface area contributed by atoms with Crippen LogP contribution in [-0.4, -0.2) is 28.2 Å². The predicted molar refractivity (Wildman–Crippen MR) is 81.2 cm³/mol. The molecule has 1 heterocycles. The number of thioether (sulfide) groups is 1. The van der Waals surface area contributed by atoms with E-state index in [-0.39, 0.29) is 11.6 Å². The van der Waals surface area contributed by atoms with Crippen molar-refractivity contribution in [2.45, 2.75) is 6.54 Å². The number of nitrogens with one attached hydrogen (secondary N) is 1. The fraction of sp³-hybridized carbons (Fsp3) is 0.308. The van der Waals surface area contributed by atoms with Crippen molar-refractivity contribution in [3.05, 3.63) is 35.4 Å². The molecule has 19 heavy (non-hydrogen) atoms. The lowest BCUT2D eigenvalue weighted by Crippen LogP contribution is -2.01. The Bertz CT molecular complexity index is 648. The van der Waals surface area contributed by atoms with Gasteiger partial charge in [0.2, 0.25) is 0 Å². The summed E-state index contributed by atoms with van der Waals surface area (Å²) >= 11 is 7.05. The van der Waals surface area contributed by atoms with Crippen LogP contribution in [0.15, 0.2) is 24.8 Å². The highest BCUT2D eigenvalue weighted by Gasteiger charge is 2.10. The number of aromatic amines is 1. The Morgan fingerprint density at radius 2 is 2.37 bits per heavy atom. The largest absolute Gasteiger partial charge is 0.494 e. The molecule has 0 saturated carbocycles. The van der Waals surface area contributed by atoms with Crippen LogP contribution in [0.3, 0.4) is 0 Å². The zero-order chi connectivity index (χ0) is 13.8. The van der Waals surface area contributed by atoms with Crippen molar-refractivity contribution in [1.29, 1.82) is 0 Å². The van der Waals surface area contributed by atoms with Crippen molar-refractivity contribution in [3.8, 4) is 5.75 Å². The summed E-state index contributed by atoms with van der Waals surface area (Å²) in [5, 5.41) is 0. The maximum atomic E-state index is 13.6. The molecule has 0 bridgehead atoms. The molecule has 0 aliphatic carbocycles. The molecule has 102 valence electrons. The Morgan fingerprint density at radius 3 is 3.05 bits per heavy atom. The Kier molecular flexibility index (Phi) is 4.66. The second kappa shape index (κ2) is 6.25. The Labute approximate surface area is 120 Å². The molecular formula is C13H15FN2OS2. The highest BCUT2D eigenvalue weighted by atomic mass is 32.2. The second-order valence-electron chi connectivity index (χ2n) is 3.95. The van der Waals surface area contributed by atoms with Gasteiger partial charge >= 0.3 is 0 Å². The summed E-state index contributed by atoms with van der Waals surface area (Å²) in [6.45, 7) is 4.45. The molecule has 3 nitrogen and oxygen atoms in total. The number of halogens is 1. The molecule has 0 saturated heterocycles. The first-order valence-corrected chi connectivity index (χ1v) is 7.38. The van der Waals surface area contributed by atoms with Crippen LogP contribution in [-0.2, 0) is 6.54 Å². The van der Waals surface area contributed by atoms with Gasteiger partial charge < -0.3 is 14.3 Å². The third-order valence-electron chi connectivity index (χ3n) is 2.74. The van der Waals surface area contributed by atoms with Crippen molar-refractivity contribution in [3.63, 3.8) is 0 Å². The van der Waals surface area contributed by atoms with Crippen molar-refractivity contribution in [1.82, 2.24) is 9.55 Å². The fourth-order valence-corrected chi connectivity index (χ4v) is 2.80. The number of hydrogen-bond donors (Lipinski definition) is 1. The SMILES string of the molecule is C=CCSCCn1c(=S)[nH]c2cc(F)c(OC)cc21. The van der Waals surface area contributed by atoms with Crippen LogP contribution in [0.5, 0.6) is 5.75 Å². The van der Waals surface area contributed by atoms with Crippen molar-refractivity contribution in [2.75, 3.05) is 18.6 Å². The molecular weight excluding hydrogens is 283 g/mol. The predicted octanol–water partition coefficient (Wildman–Crippen LogP) is 3.77. The lowest BCUT2D eigenvalue weighted by atomic mass is 10.3. The third-order valence-corrected chi connectivity index (χ3v) is 4.01. The summed E-state index contributed by atoms with van der Waals surface area (Å²) in [7, 11) is 1.45. The van der Waals surface area contributed by atoms with Crippen molar-refractivity contribution in [2.24, 2.45) is 0 Å². The summed E-state index contributed by atoms with van der Waals surface area (Å²) in [4.78, 5) is 3.01. The van der Waals surface area contributed by atoms with Crippen molar-refractivity contribution < 1.29 is 9.13 Å². The molecule has 1 aromatic carbocycles. The molecule has 0 fully saturated rings. The second-order valence-corrected chi connectivity index (χ2v) is 5.49. The van der Waals surface area contributed by atoms with Gasteiger partial charge in [-0.15, -0.1) is 6.58 Å². The van der Waals surface area contributed by atoms with E-state index in [0.29, 0.717) is 10.3 Å². The molecule has 1 N–H and O–H groups in total. The first-order chi connectivity index (χ1) is 9.17. The van der Waals surface area contributed by atoms with Gasteiger partial charge in [-0.2, -0.15) is 11.8 Å². The summed E-state index contributed by atoms with van der Waals surface area (Å²) in [5.74, 6) is 1.68. The monoisotopic (exact) mass is 298 g/mol. The van der Waals surface area contributed by atoms with Gasteiger partial charge in [-0.1, -0.05) is 6.08 Å². The van der Waals surface area contributed by atoms with Gasteiger partial charge in [0.05, 0.1) is 18.1 Å². The maximum Gasteiger partial charge on any atom is 0.178 e. The van der Waals surface area contributed by atoms with Gasteiger partial charge in [0.1, 0.15) is 0 Å². The van der Waals surface area contributed by atoms with E-state index in [9.17, 15) is 4.39 Å². The van der Waals surface area contributed by atoms with Gasteiger partial charge in [0.15, 0.2) is 16.3 Å². The van der Waals surface area contributed by atoms with Crippen LogP contribution >= 0.6 is 24.0 Å². The molecule has 0 unspecified atom stereocenters.